The molecule has 2 aromatic rings. The molecule has 1 aliphatic carbocycles. The lowest BCUT2D eigenvalue weighted by Crippen LogP contribution is -2.29. The summed E-state index contributed by atoms with van der Waals surface area (Å²) in [6.45, 7) is 9.30. The highest BCUT2D eigenvalue weighted by Gasteiger charge is 2.35. The van der Waals surface area contributed by atoms with Crippen LogP contribution in [0.15, 0.2) is 28.2 Å². The van der Waals surface area contributed by atoms with Gasteiger partial charge >= 0.3 is 0 Å². The molecule has 1 aromatic heterocycles. The molecule has 0 bridgehead atoms. The van der Waals surface area contributed by atoms with Gasteiger partial charge in [-0.1, -0.05) is 33.3 Å². The van der Waals surface area contributed by atoms with Gasteiger partial charge in [-0.2, -0.15) is 0 Å². The zero-order valence-corrected chi connectivity index (χ0v) is 13.2. The molecule has 1 N–H and O–H groups in total. The maximum atomic E-state index is 9.49. The van der Waals surface area contributed by atoms with E-state index < -0.39 is 0 Å². The second-order valence-corrected chi connectivity index (χ2v) is 7.87. The number of phenols is 1. The van der Waals surface area contributed by atoms with E-state index in [0.717, 1.165) is 18.4 Å². The number of aromatic hydroxyl groups is 1. The summed E-state index contributed by atoms with van der Waals surface area (Å²) in [5, 5.41) is 9.49. The zero-order valence-electron chi connectivity index (χ0n) is 13.2. The van der Waals surface area contributed by atoms with Crippen molar-refractivity contribution >= 4 is 17.2 Å². The fourth-order valence-electron chi connectivity index (χ4n) is 3.98. The van der Waals surface area contributed by atoms with E-state index >= 15 is 0 Å². The first-order chi connectivity index (χ1) is 9.72. The number of benzene rings is 1. The highest BCUT2D eigenvalue weighted by Crippen LogP contribution is 2.48. The maximum absolute atomic E-state index is 9.49. The number of aromatic nitrogens is 1. The summed E-state index contributed by atoms with van der Waals surface area (Å²) in [5.74, 6) is 0.844. The summed E-state index contributed by atoms with van der Waals surface area (Å²) in [6.07, 6.45) is 5.49. The van der Waals surface area contributed by atoms with Crippen LogP contribution in [-0.2, 0) is 0 Å². The van der Waals surface area contributed by atoms with Gasteiger partial charge in [0.15, 0.2) is 5.58 Å². The predicted molar refractivity (Wildman–Crippen MR) is 85.1 cm³/mol. The quantitative estimate of drug-likeness (QED) is 0.787. The predicted octanol–water partition coefficient (Wildman–Crippen LogP) is 5.15. The average molecular weight is 285 g/mol. The van der Waals surface area contributed by atoms with E-state index in [4.69, 9.17) is 4.42 Å². The molecular weight excluding hydrogens is 262 g/mol. The molecule has 1 fully saturated rings. The fraction of sp³-hybridized carbons (Fsp3) is 0.500. The van der Waals surface area contributed by atoms with E-state index in [1.165, 1.54) is 12.0 Å². The lowest BCUT2D eigenvalue weighted by Gasteiger charge is -2.42. The Bertz CT molecular complexity index is 689. The van der Waals surface area contributed by atoms with Crippen molar-refractivity contribution in [1.82, 2.24) is 4.98 Å². The van der Waals surface area contributed by atoms with E-state index in [-0.39, 0.29) is 5.75 Å². The molecule has 0 amide bonds. The summed E-state index contributed by atoms with van der Waals surface area (Å²) in [6, 6.07) is 5.03. The van der Waals surface area contributed by atoms with E-state index in [1.807, 2.05) is 0 Å². The number of hydrogen-bond donors (Lipinski definition) is 1. The molecule has 1 aromatic carbocycles. The Hall–Kier alpha value is -1.77. The smallest absolute Gasteiger partial charge is 0.219 e. The molecular formula is C18H23NO2. The van der Waals surface area contributed by atoms with E-state index in [1.54, 1.807) is 18.2 Å². The van der Waals surface area contributed by atoms with Gasteiger partial charge in [-0.3, -0.25) is 0 Å². The van der Waals surface area contributed by atoms with Crippen LogP contribution in [0.2, 0.25) is 0 Å². The minimum Gasteiger partial charge on any atom is -0.508 e. The number of hydrogen-bond acceptors (Lipinski definition) is 3. The van der Waals surface area contributed by atoms with Crippen LogP contribution in [0.1, 0.15) is 52.8 Å². The molecule has 3 heteroatoms. The Morgan fingerprint density at radius 3 is 2.48 bits per heavy atom. The normalized spacial score (nSPS) is 20.7. The largest absolute Gasteiger partial charge is 0.508 e. The maximum Gasteiger partial charge on any atom is 0.219 e. The van der Waals surface area contributed by atoms with Gasteiger partial charge in [-0.25, -0.2) is 4.98 Å². The van der Waals surface area contributed by atoms with Gasteiger partial charge in [0.1, 0.15) is 11.3 Å². The van der Waals surface area contributed by atoms with Crippen molar-refractivity contribution in [3.63, 3.8) is 0 Å². The van der Waals surface area contributed by atoms with Gasteiger partial charge in [0, 0.05) is 6.07 Å². The van der Waals surface area contributed by atoms with Crippen LogP contribution in [0.5, 0.6) is 5.75 Å². The molecule has 112 valence electrons. The SMILES string of the molecule is CC1(C)CC(=Cc2nc3ccc(O)cc3o2)CC(C)(C)C1. The summed E-state index contributed by atoms with van der Waals surface area (Å²) < 4.78 is 5.74. The minimum absolute atomic E-state index is 0.206. The molecule has 0 aliphatic heterocycles. The van der Waals surface area contributed by atoms with Gasteiger partial charge in [-0.15, -0.1) is 0 Å². The second-order valence-electron chi connectivity index (χ2n) is 7.87. The topological polar surface area (TPSA) is 46.3 Å². The van der Waals surface area contributed by atoms with Crippen LogP contribution in [0.4, 0.5) is 0 Å². The number of allylic oxidation sites excluding steroid dienone is 1. The third kappa shape index (κ3) is 3.12. The summed E-state index contributed by atoms with van der Waals surface area (Å²) in [5.41, 5.74) is 3.45. The van der Waals surface area contributed by atoms with Crippen LogP contribution in [0.25, 0.3) is 17.2 Å². The van der Waals surface area contributed by atoms with Crippen molar-refractivity contribution in [2.45, 2.75) is 47.0 Å². The van der Waals surface area contributed by atoms with Gasteiger partial charge in [0.25, 0.3) is 0 Å². The third-order valence-corrected chi connectivity index (χ3v) is 4.08. The van der Waals surface area contributed by atoms with Crippen molar-refractivity contribution in [2.24, 2.45) is 10.8 Å². The van der Waals surface area contributed by atoms with Crippen LogP contribution >= 0.6 is 0 Å². The number of nitrogens with zero attached hydrogens (tertiary/aromatic N) is 1. The summed E-state index contributed by atoms with van der Waals surface area (Å²) in [7, 11) is 0. The number of fused-ring (bicyclic) bond motifs is 1. The Labute approximate surface area is 125 Å². The molecule has 0 saturated heterocycles. The van der Waals surface area contributed by atoms with Crippen LogP contribution in [-0.4, -0.2) is 10.1 Å². The van der Waals surface area contributed by atoms with Gasteiger partial charge in [0.2, 0.25) is 5.89 Å². The highest BCUT2D eigenvalue weighted by atomic mass is 16.3. The van der Waals surface area contributed by atoms with Crippen LogP contribution in [0.3, 0.4) is 0 Å². The van der Waals surface area contributed by atoms with E-state index in [2.05, 4.69) is 38.8 Å². The highest BCUT2D eigenvalue weighted by molar-refractivity contribution is 5.75. The molecule has 0 atom stereocenters. The third-order valence-electron chi connectivity index (χ3n) is 4.08. The fourth-order valence-corrected chi connectivity index (χ4v) is 3.98. The number of phenolic OH excluding ortho intramolecular Hbond substituents is 1. The molecule has 3 nitrogen and oxygen atoms in total. The first-order valence-electron chi connectivity index (χ1n) is 7.52. The molecule has 0 unspecified atom stereocenters. The van der Waals surface area contributed by atoms with Gasteiger partial charge < -0.3 is 9.52 Å². The lowest BCUT2D eigenvalue weighted by molar-refractivity contribution is 0.155. The van der Waals surface area contributed by atoms with E-state index in [0.29, 0.717) is 22.3 Å². The Morgan fingerprint density at radius 2 is 1.81 bits per heavy atom. The Kier molecular flexibility index (Phi) is 3.12. The second kappa shape index (κ2) is 4.62. The van der Waals surface area contributed by atoms with E-state index in [9.17, 15) is 5.11 Å². The molecule has 1 aliphatic rings. The molecule has 0 radical (unpaired) electrons. The number of rotatable bonds is 1. The van der Waals surface area contributed by atoms with Gasteiger partial charge in [-0.05, 0) is 48.3 Å². The molecule has 1 heterocycles. The first kappa shape index (κ1) is 14.2. The van der Waals surface area contributed by atoms with Crippen molar-refractivity contribution < 1.29 is 9.52 Å². The first-order valence-corrected chi connectivity index (χ1v) is 7.52. The molecule has 1 saturated carbocycles. The van der Waals surface area contributed by atoms with Crippen LogP contribution < -0.4 is 0 Å². The lowest BCUT2D eigenvalue weighted by atomic mass is 9.63. The van der Waals surface area contributed by atoms with Crippen LogP contribution in [0, 0.1) is 10.8 Å². The zero-order chi connectivity index (χ0) is 15.3. The molecule has 3 rings (SSSR count). The molecule has 21 heavy (non-hydrogen) atoms. The molecule has 0 spiro atoms. The van der Waals surface area contributed by atoms with Crippen molar-refractivity contribution in [3.8, 4) is 5.75 Å². The summed E-state index contributed by atoms with van der Waals surface area (Å²) >= 11 is 0. The standard InChI is InChI=1S/C18H23NO2/c1-17(2)9-12(10-18(3,4)11-17)7-16-19-14-6-5-13(20)8-15(14)21-16/h5-8,20H,9-11H2,1-4H3. The minimum atomic E-state index is 0.206. The van der Waals surface area contributed by atoms with Crippen molar-refractivity contribution in [3.05, 3.63) is 29.7 Å². The monoisotopic (exact) mass is 285 g/mol. The van der Waals surface area contributed by atoms with Crippen molar-refractivity contribution in [1.29, 1.82) is 0 Å². The number of oxazole rings is 1. The van der Waals surface area contributed by atoms with Gasteiger partial charge in [0.05, 0.1) is 0 Å². The van der Waals surface area contributed by atoms with Crippen molar-refractivity contribution in [2.75, 3.05) is 0 Å². The Morgan fingerprint density at radius 1 is 1.14 bits per heavy atom. The summed E-state index contributed by atoms with van der Waals surface area (Å²) in [4.78, 5) is 4.49. The average Bonchev–Trinajstić information content (AvgIpc) is 2.65. The Balaban J connectivity index is 1.95.